The number of ether oxygens (including phenoxy) is 4. The molecule has 2 N–H and O–H groups in total. The summed E-state index contributed by atoms with van der Waals surface area (Å²) in [6.45, 7) is 2.62. The number of rotatable bonds is 10. The highest BCUT2D eigenvalue weighted by Crippen LogP contribution is 2.29. The molecule has 146 valence electrons. The Morgan fingerprint density at radius 3 is 2.69 bits per heavy atom. The summed E-state index contributed by atoms with van der Waals surface area (Å²) in [6, 6.07) is 5.46. The van der Waals surface area contributed by atoms with Gasteiger partial charge in [0.05, 0.1) is 25.9 Å². The van der Waals surface area contributed by atoms with Crippen LogP contribution in [0.15, 0.2) is 18.2 Å². The molecule has 8 nitrogen and oxygen atoms in total. The zero-order chi connectivity index (χ0) is 18.9. The molecule has 1 aliphatic heterocycles. The number of likely N-dealkylation sites (tertiary alicyclic amines) is 1. The molecule has 0 saturated carbocycles. The van der Waals surface area contributed by atoms with E-state index in [9.17, 15) is 9.90 Å². The predicted octanol–water partition coefficient (Wildman–Crippen LogP) is 0.0281. The lowest BCUT2D eigenvalue weighted by atomic mass is 10.2. The number of amides is 1. The third kappa shape index (κ3) is 5.84. The van der Waals surface area contributed by atoms with Gasteiger partial charge in [-0.05, 0) is 17.7 Å². The first-order valence-corrected chi connectivity index (χ1v) is 8.54. The Bertz CT molecular complexity index is 583. The summed E-state index contributed by atoms with van der Waals surface area (Å²) < 4.78 is 20.8. The van der Waals surface area contributed by atoms with E-state index < -0.39 is 6.10 Å². The minimum atomic E-state index is -0.605. The normalized spacial score (nSPS) is 20.2. The summed E-state index contributed by atoms with van der Waals surface area (Å²) in [6.07, 6.45) is -0.605. The Morgan fingerprint density at radius 1 is 1.19 bits per heavy atom. The lowest BCUT2D eigenvalue weighted by molar-refractivity contribution is -0.125. The molecule has 1 amide bonds. The summed E-state index contributed by atoms with van der Waals surface area (Å²) in [5.74, 6) is 1.10. The van der Waals surface area contributed by atoms with Crippen LogP contribution in [-0.4, -0.2) is 82.3 Å². The van der Waals surface area contributed by atoms with Crippen molar-refractivity contribution in [1.29, 1.82) is 0 Å². The van der Waals surface area contributed by atoms with Crippen molar-refractivity contribution in [3.8, 4) is 11.5 Å². The van der Waals surface area contributed by atoms with Crippen LogP contribution in [0.3, 0.4) is 0 Å². The van der Waals surface area contributed by atoms with E-state index in [1.165, 1.54) is 7.11 Å². The molecule has 8 heteroatoms. The lowest BCUT2D eigenvalue weighted by Crippen LogP contribution is -2.44. The van der Waals surface area contributed by atoms with Crippen molar-refractivity contribution in [3.05, 3.63) is 23.8 Å². The maximum absolute atomic E-state index is 11.6. The largest absolute Gasteiger partial charge is 0.493 e. The average molecular weight is 368 g/mol. The van der Waals surface area contributed by atoms with Crippen LogP contribution in [-0.2, 0) is 20.8 Å². The Balaban J connectivity index is 1.95. The van der Waals surface area contributed by atoms with Crippen LogP contribution in [0.2, 0.25) is 0 Å². The summed E-state index contributed by atoms with van der Waals surface area (Å²) in [5, 5.41) is 13.0. The van der Waals surface area contributed by atoms with E-state index >= 15 is 0 Å². The number of carbonyl (C=O) groups is 1. The number of nitrogens with one attached hydrogen (secondary N) is 1. The standard InChI is InChI=1S/C18H28N2O6/c1-23-6-7-26-17-8-13(4-5-16(17)25-3)9-20-10-14(15(21)11-20)19-18(22)12-24-2/h4-5,8,14-15,21H,6-7,9-12H2,1-3H3,(H,19,22)/t14-,15-/m1/s1. The molecular formula is C18H28N2O6. The molecule has 2 rings (SSSR count). The zero-order valence-electron chi connectivity index (χ0n) is 15.6. The number of hydrogen-bond acceptors (Lipinski definition) is 7. The van der Waals surface area contributed by atoms with Crippen LogP contribution in [0, 0.1) is 0 Å². The third-order valence-electron chi connectivity index (χ3n) is 4.17. The van der Waals surface area contributed by atoms with Gasteiger partial charge in [-0.25, -0.2) is 0 Å². The fourth-order valence-corrected chi connectivity index (χ4v) is 2.94. The number of carbonyl (C=O) groups excluding carboxylic acids is 1. The van der Waals surface area contributed by atoms with Gasteiger partial charge in [-0.15, -0.1) is 0 Å². The van der Waals surface area contributed by atoms with Crippen molar-refractivity contribution in [2.24, 2.45) is 0 Å². The fraction of sp³-hybridized carbons (Fsp3) is 0.611. The van der Waals surface area contributed by atoms with Crippen LogP contribution >= 0.6 is 0 Å². The van der Waals surface area contributed by atoms with Crippen LogP contribution < -0.4 is 14.8 Å². The molecule has 0 aromatic heterocycles. The Labute approximate surface area is 154 Å². The van der Waals surface area contributed by atoms with Crippen molar-refractivity contribution < 1.29 is 28.8 Å². The molecule has 1 aliphatic rings. The van der Waals surface area contributed by atoms with Crippen molar-refractivity contribution in [3.63, 3.8) is 0 Å². The van der Waals surface area contributed by atoms with Gasteiger partial charge in [-0.2, -0.15) is 0 Å². The van der Waals surface area contributed by atoms with Crippen LogP contribution in [0.1, 0.15) is 5.56 Å². The molecule has 0 spiro atoms. The molecule has 2 atom stereocenters. The van der Waals surface area contributed by atoms with Gasteiger partial charge in [0.25, 0.3) is 0 Å². The quantitative estimate of drug-likeness (QED) is 0.563. The van der Waals surface area contributed by atoms with Gasteiger partial charge in [0.1, 0.15) is 13.2 Å². The number of β-amino-alcohol motifs (C(OH)–C–C–N with tert-alkyl or cyclic N) is 1. The predicted molar refractivity (Wildman–Crippen MR) is 95.5 cm³/mol. The van der Waals surface area contributed by atoms with Crippen LogP contribution in [0.4, 0.5) is 0 Å². The number of benzene rings is 1. The molecule has 0 radical (unpaired) electrons. The van der Waals surface area contributed by atoms with Gasteiger partial charge in [0.2, 0.25) is 5.91 Å². The van der Waals surface area contributed by atoms with E-state index in [2.05, 4.69) is 10.2 Å². The lowest BCUT2D eigenvalue weighted by Gasteiger charge is -2.18. The Kier molecular flexibility index (Phi) is 8.11. The third-order valence-corrected chi connectivity index (χ3v) is 4.17. The molecule has 0 bridgehead atoms. The highest BCUT2D eigenvalue weighted by atomic mass is 16.5. The van der Waals surface area contributed by atoms with Crippen molar-refractivity contribution in [2.45, 2.75) is 18.7 Å². The van der Waals surface area contributed by atoms with E-state index in [4.69, 9.17) is 18.9 Å². The molecule has 1 fully saturated rings. The Hall–Kier alpha value is -1.87. The van der Waals surface area contributed by atoms with Crippen LogP contribution in [0.5, 0.6) is 11.5 Å². The molecule has 1 aromatic carbocycles. The minimum Gasteiger partial charge on any atom is -0.493 e. The van der Waals surface area contributed by atoms with Crippen molar-refractivity contribution in [2.75, 3.05) is 54.2 Å². The minimum absolute atomic E-state index is 0.0100. The second kappa shape index (κ2) is 10.3. The number of aliphatic hydroxyl groups excluding tert-OH is 1. The fourth-order valence-electron chi connectivity index (χ4n) is 2.94. The summed E-state index contributed by atoms with van der Waals surface area (Å²) in [4.78, 5) is 13.7. The second-order valence-corrected chi connectivity index (χ2v) is 6.19. The van der Waals surface area contributed by atoms with E-state index in [0.29, 0.717) is 44.3 Å². The molecule has 1 aromatic rings. The number of hydrogen-bond donors (Lipinski definition) is 2. The van der Waals surface area contributed by atoms with Crippen LogP contribution in [0.25, 0.3) is 0 Å². The summed E-state index contributed by atoms with van der Waals surface area (Å²) in [5.41, 5.74) is 1.04. The summed E-state index contributed by atoms with van der Waals surface area (Å²) in [7, 11) is 4.69. The van der Waals surface area contributed by atoms with Crippen molar-refractivity contribution >= 4 is 5.91 Å². The van der Waals surface area contributed by atoms with Gasteiger partial charge in [0, 0.05) is 33.9 Å². The van der Waals surface area contributed by atoms with Crippen molar-refractivity contribution in [1.82, 2.24) is 10.2 Å². The average Bonchev–Trinajstić information content (AvgIpc) is 2.94. The van der Waals surface area contributed by atoms with Gasteiger partial charge in [-0.1, -0.05) is 6.07 Å². The zero-order valence-corrected chi connectivity index (χ0v) is 15.6. The first kappa shape index (κ1) is 20.4. The highest BCUT2D eigenvalue weighted by molar-refractivity contribution is 5.77. The summed E-state index contributed by atoms with van der Waals surface area (Å²) >= 11 is 0. The second-order valence-electron chi connectivity index (χ2n) is 6.19. The monoisotopic (exact) mass is 368 g/mol. The van der Waals surface area contributed by atoms with E-state index in [-0.39, 0.29) is 18.6 Å². The molecule has 1 saturated heterocycles. The number of methoxy groups -OCH3 is 3. The molecule has 1 heterocycles. The van der Waals surface area contributed by atoms with E-state index in [1.54, 1.807) is 14.2 Å². The highest BCUT2D eigenvalue weighted by Gasteiger charge is 2.32. The number of aliphatic hydroxyl groups is 1. The molecule has 26 heavy (non-hydrogen) atoms. The molecule has 0 unspecified atom stereocenters. The molecule has 0 aliphatic carbocycles. The molecular weight excluding hydrogens is 340 g/mol. The first-order chi connectivity index (χ1) is 12.6. The van der Waals surface area contributed by atoms with E-state index in [1.807, 2.05) is 18.2 Å². The maximum atomic E-state index is 11.6. The van der Waals surface area contributed by atoms with Gasteiger partial charge in [0.15, 0.2) is 11.5 Å². The van der Waals surface area contributed by atoms with Gasteiger partial charge >= 0.3 is 0 Å². The van der Waals surface area contributed by atoms with Gasteiger partial charge in [-0.3, -0.25) is 9.69 Å². The van der Waals surface area contributed by atoms with E-state index in [0.717, 1.165) is 5.56 Å². The SMILES string of the molecule is COCCOc1cc(CN2C[C@@H](O)[C@H](NC(=O)COC)C2)ccc1OC. The number of nitrogens with zero attached hydrogens (tertiary/aromatic N) is 1. The topological polar surface area (TPSA) is 89.5 Å². The maximum Gasteiger partial charge on any atom is 0.246 e. The van der Waals surface area contributed by atoms with Gasteiger partial charge < -0.3 is 29.4 Å². The Morgan fingerprint density at radius 2 is 2.00 bits per heavy atom. The first-order valence-electron chi connectivity index (χ1n) is 8.54. The smallest absolute Gasteiger partial charge is 0.246 e.